The Kier molecular flexibility index (Phi) is 6.07. The number of hydrogen-bond acceptors (Lipinski definition) is 6. The van der Waals surface area contributed by atoms with E-state index in [1.807, 2.05) is 12.3 Å². The molecule has 4 heterocycles. The highest BCUT2D eigenvalue weighted by atomic mass is 16.2. The zero-order chi connectivity index (χ0) is 18.5. The molecule has 0 bridgehead atoms. The number of hydrogen-bond donors (Lipinski definition) is 0. The summed E-state index contributed by atoms with van der Waals surface area (Å²) in [6.45, 7) is 8.21. The smallest absolute Gasteiger partial charge is 0.236 e. The molecule has 7 heteroatoms. The SMILES string of the molecule is O=C(CN1CCN(c2nccc(N3CCCC3)n2)CC1)N1CCCCCC1. The molecule has 27 heavy (non-hydrogen) atoms. The summed E-state index contributed by atoms with van der Waals surface area (Å²) in [5.41, 5.74) is 0. The Labute approximate surface area is 162 Å². The Morgan fingerprint density at radius 3 is 2.19 bits per heavy atom. The molecule has 3 aliphatic rings. The maximum absolute atomic E-state index is 12.6. The van der Waals surface area contributed by atoms with E-state index in [0.717, 1.165) is 77.0 Å². The molecule has 7 nitrogen and oxygen atoms in total. The number of carbonyl (C=O) groups is 1. The number of likely N-dealkylation sites (tertiary alicyclic amines) is 1. The third-order valence-corrected chi connectivity index (χ3v) is 6.03. The van der Waals surface area contributed by atoms with E-state index in [4.69, 9.17) is 4.98 Å². The van der Waals surface area contributed by atoms with Crippen molar-refractivity contribution >= 4 is 17.7 Å². The van der Waals surface area contributed by atoms with E-state index < -0.39 is 0 Å². The number of rotatable bonds is 4. The first-order valence-electron chi connectivity index (χ1n) is 10.6. The molecule has 1 aromatic rings. The van der Waals surface area contributed by atoms with Crippen LogP contribution in [0.2, 0.25) is 0 Å². The standard InChI is InChI=1S/C20H32N6O/c27-19(25-11-3-1-2-4-12-25)17-23-13-15-26(16-14-23)20-21-8-7-18(22-20)24-9-5-6-10-24/h7-8H,1-6,9-17H2. The Morgan fingerprint density at radius 2 is 1.48 bits per heavy atom. The highest BCUT2D eigenvalue weighted by Crippen LogP contribution is 2.20. The van der Waals surface area contributed by atoms with E-state index >= 15 is 0 Å². The van der Waals surface area contributed by atoms with Crippen molar-refractivity contribution in [1.82, 2.24) is 19.8 Å². The van der Waals surface area contributed by atoms with Gasteiger partial charge in [-0.15, -0.1) is 0 Å². The van der Waals surface area contributed by atoms with Crippen LogP contribution >= 0.6 is 0 Å². The molecule has 3 saturated heterocycles. The van der Waals surface area contributed by atoms with Crippen molar-refractivity contribution in [2.24, 2.45) is 0 Å². The molecule has 0 radical (unpaired) electrons. The van der Waals surface area contributed by atoms with E-state index in [2.05, 4.69) is 24.6 Å². The van der Waals surface area contributed by atoms with Gasteiger partial charge in [-0.1, -0.05) is 12.8 Å². The first kappa shape index (κ1) is 18.5. The second-order valence-electron chi connectivity index (χ2n) is 7.97. The zero-order valence-electron chi connectivity index (χ0n) is 16.4. The van der Waals surface area contributed by atoms with Gasteiger partial charge in [-0.25, -0.2) is 4.98 Å². The van der Waals surface area contributed by atoms with Crippen molar-refractivity contribution in [2.45, 2.75) is 38.5 Å². The topological polar surface area (TPSA) is 55.8 Å². The van der Waals surface area contributed by atoms with E-state index in [0.29, 0.717) is 12.5 Å². The van der Waals surface area contributed by atoms with Gasteiger partial charge in [0.2, 0.25) is 11.9 Å². The van der Waals surface area contributed by atoms with Crippen LogP contribution in [0.5, 0.6) is 0 Å². The number of carbonyl (C=O) groups excluding carboxylic acids is 1. The van der Waals surface area contributed by atoms with Crippen LogP contribution in [-0.4, -0.2) is 84.6 Å². The van der Waals surface area contributed by atoms with Gasteiger partial charge in [0.1, 0.15) is 5.82 Å². The van der Waals surface area contributed by atoms with Crippen molar-refractivity contribution in [2.75, 3.05) is 68.7 Å². The van der Waals surface area contributed by atoms with Crippen molar-refractivity contribution in [3.8, 4) is 0 Å². The van der Waals surface area contributed by atoms with Crippen molar-refractivity contribution in [3.63, 3.8) is 0 Å². The molecule has 0 spiro atoms. The van der Waals surface area contributed by atoms with Gasteiger partial charge < -0.3 is 14.7 Å². The molecule has 4 rings (SSSR count). The van der Waals surface area contributed by atoms with Crippen LogP contribution in [-0.2, 0) is 4.79 Å². The molecule has 3 fully saturated rings. The molecule has 0 aliphatic carbocycles. The van der Waals surface area contributed by atoms with Crippen LogP contribution in [0.4, 0.5) is 11.8 Å². The van der Waals surface area contributed by atoms with Crippen LogP contribution in [0.25, 0.3) is 0 Å². The number of anilines is 2. The van der Waals surface area contributed by atoms with Gasteiger partial charge in [-0.05, 0) is 31.7 Å². The molecule has 3 aliphatic heterocycles. The quantitative estimate of drug-likeness (QED) is 0.800. The largest absolute Gasteiger partial charge is 0.356 e. The fourth-order valence-electron chi connectivity index (χ4n) is 4.33. The molecule has 0 N–H and O–H groups in total. The number of piperazine rings is 1. The lowest BCUT2D eigenvalue weighted by molar-refractivity contribution is -0.132. The lowest BCUT2D eigenvalue weighted by atomic mass is 10.2. The second kappa shape index (κ2) is 8.87. The third-order valence-electron chi connectivity index (χ3n) is 6.03. The van der Waals surface area contributed by atoms with E-state index in [1.54, 1.807) is 0 Å². The molecular weight excluding hydrogens is 340 g/mol. The first-order valence-corrected chi connectivity index (χ1v) is 10.6. The predicted molar refractivity (Wildman–Crippen MR) is 107 cm³/mol. The summed E-state index contributed by atoms with van der Waals surface area (Å²) in [5, 5.41) is 0. The number of nitrogens with zero attached hydrogens (tertiary/aromatic N) is 6. The molecule has 0 aromatic carbocycles. The highest BCUT2D eigenvalue weighted by molar-refractivity contribution is 5.78. The molecule has 0 atom stereocenters. The molecule has 0 unspecified atom stereocenters. The molecule has 1 amide bonds. The van der Waals surface area contributed by atoms with Crippen molar-refractivity contribution < 1.29 is 4.79 Å². The lowest BCUT2D eigenvalue weighted by Crippen LogP contribution is -2.50. The van der Waals surface area contributed by atoms with Gasteiger partial charge in [0.15, 0.2) is 0 Å². The summed E-state index contributed by atoms with van der Waals surface area (Å²) < 4.78 is 0. The minimum atomic E-state index is 0.303. The highest BCUT2D eigenvalue weighted by Gasteiger charge is 2.24. The summed E-state index contributed by atoms with van der Waals surface area (Å²) >= 11 is 0. The van der Waals surface area contributed by atoms with Crippen LogP contribution in [0.3, 0.4) is 0 Å². The van der Waals surface area contributed by atoms with Gasteiger partial charge in [0.25, 0.3) is 0 Å². The molecule has 1 aromatic heterocycles. The minimum Gasteiger partial charge on any atom is -0.356 e. The number of aromatic nitrogens is 2. The van der Waals surface area contributed by atoms with Gasteiger partial charge >= 0.3 is 0 Å². The van der Waals surface area contributed by atoms with Gasteiger partial charge in [-0.2, -0.15) is 4.98 Å². The normalized spacial score (nSPS) is 22.1. The lowest BCUT2D eigenvalue weighted by Gasteiger charge is -2.35. The van der Waals surface area contributed by atoms with Crippen LogP contribution in [0, 0.1) is 0 Å². The minimum absolute atomic E-state index is 0.303. The Balaban J connectivity index is 1.28. The van der Waals surface area contributed by atoms with Crippen LogP contribution < -0.4 is 9.80 Å². The Bertz CT molecular complexity index is 617. The average molecular weight is 373 g/mol. The monoisotopic (exact) mass is 372 g/mol. The maximum atomic E-state index is 12.6. The zero-order valence-corrected chi connectivity index (χ0v) is 16.4. The number of amides is 1. The Hall–Kier alpha value is -1.89. The first-order chi connectivity index (χ1) is 13.3. The summed E-state index contributed by atoms with van der Waals surface area (Å²) in [6, 6.07) is 2.02. The van der Waals surface area contributed by atoms with E-state index in [9.17, 15) is 4.79 Å². The second-order valence-corrected chi connectivity index (χ2v) is 7.97. The van der Waals surface area contributed by atoms with E-state index in [-0.39, 0.29) is 0 Å². The van der Waals surface area contributed by atoms with E-state index in [1.165, 1.54) is 25.7 Å². The molecule has 148 valence electrons. The van der Waals surface area contributed by atoms with Gasteiger partial charge in [0.05, 0.1) is 6.54 Å². The predicted octanol–water partition coefficient (Wildman–Crippen LogP) is 1.60. The Morgan fingerprint density at radius 1 is 0.815 bits per heavy atom. The fourth-order valence-corrected chi connectivity index (χ4v) is 4.33. The molecule has 0 saturated carbocycles. The van der Waals surface area contributed by atoms with Crippen molar-refractivity contribution in [3.05, 3.63) is 12.3 Å². The third kappa shape index (κ3) is 4.69. The summed E-state index contributed by atoms with van der Waals surface area (Å²) in [6.07, 6.45) is 9.23. The van der Waals surface area contributed by atoms with Gasteiger partial charge in [-0.3, -0.25) is 9.69 Å². The van der Waals surface area contributed by atoms with Crippen molar-refractivity contribution in [1.29, 1.82) is 0 Å². The molecular formula is C20H32N6O. The summed E-state index contributed by atoms with van der Waals surface area (Å²) in [5.74, 6) is 2.19. The fraction of sp³-hybridized carbons (Fsp3) is 0.750. The summed E-state index contributed by atoms with van der Waals surface area (Å²) in [4.78, 5) is 30.9. The van der Waals surface area contributed by atoms with Crippen LogP contribution in [0.1, 0.15) is 38.5 Å². The van der Waals surface area contributed by atoms with Gasteiger partial charge in [0, 0.05) is 58.6 Å². The maximum Gasteiger partial charge on any atom is 0.236 e. The average Bonchev–Trinajstić information content (AvgIpc) is 3.11. The van der Waals surface area contributed by atoms with Crippen LogP contribution in [0.15, 0.2) is 12.3 Å². The summed E-state index contributed by atoms with van der Waals surface area (Å²) in [7, 11) is 0.